The van der Waals surface area contributed by atoms with Crippen LogP contribution in [0, 0.1) is 0 Å². The summed E-state index contributed by atoms with van der Waals surface area (Å²) in [6, 6.07) is 17.1. The van der Waals surface area contributed by atoms with E-state index in [1.165, 1.54) is 0 Å². The molecule has 3 rings (SSSR count). The molecule has 1 unspecified atom stereocenters. The Morgan fingerprint density at radius 3 is 2.71 bits per heavy atom. The van der Waals surface area contributed by atoms with Gasteiger partial charge in [0.05, 0.1) is 5.38 Å². The number of pyridine rings is 1. The lowest BCUT2D eigenvalue weighted by atomic mass is 10.1. The smallest absolute Gasteiger partial charge is 0.134 e. The molecule has 0 aliphatic rings. The number of aromatic nitrogens is 1. The lowest BCUT2D eigenvalue weighted by Gasteiger charge is -2.13. The number of aromatic hydroxyl groups is 1. The highest BCUT2D eigenvalue weighted by atomic mass is 35.5. The zero-order valence-corrected chi connectivity index (χ0v) is 12.1. The summed E-state index contributed by atoms with van der Waals surface area (Å²) in [5.74, 6) is 0.953. The summed E-state index contributed by atoms with van der Waals surface area (Å²) < 4.78 is 0. The summed E-state index contributed by atoms with van der Waals surface area (Å²) in [7, 11) is 0. The minimum absolute atomic E-state index is 0.138. The number of hydrogen-bond acceptors (Lipinski definition) is 3. The van der Waals surface area contributed by atoms with E-state index in [4.69, 9.17) is 11.6 Å². The molecule has 3 aromatic rings. The predicted molar refractivity (Wildman–Crippen MR) is 86.9 cm³/mol. The first-order valence-electron chi connectivity index (χ1n) is 6.74. The molecule has 1 heterocycles. The van der Waals surface area contributed by atoms with Crippen molar-refractivity contribution in [3.8, 4) is 5.75 Å². The van der Waals surface area contributed by atoms with E-state index < -0.39 is 0 Å². The molecule has 1 atom stereocenters. The van der Waals surface area contributed by atoms with Gasteiger partial charge < -0.3 is 10.4 Å². The molecule has 2 N–H and O–H groups in total. The largest absolute Gasteiger partial charge is 0.508 e. The summed E-state index contributed by atoms with van der Waals surface area (Å²) in [6.07, 6.45) is 1.74. The quantitative estimate of drug-likeness (QED) is 0.705. The van der Waals surface area contributed by atoms with Crippen molar-refractivity contribution in [3.05, 3.63) is 66.4 Å². The van der Waals surface area contributed by atoms with Crippen molar-refractivity contribution < 1.29 is 5.11 Å². The first-order valence-corrected chi connectivity index (χ1v) is 7.18. The number of benzene rings is 2. The van der Waals surface area contributed by atoms with Gasteiger partial charge in [0.1, 0.15) is 11.6 Å². The van der Waals surface area contributed by atoms with Gasteiger partial charge >= 0.3 is 0 Å². The third-order valence-corrected chi connectivity index (χ3v) is 3.77. The van der Waals surface area contributed by atoms with Gasteiger partial charge in [-0.1, -0.05) is 36.4 Å². The van der Waals surface area contributed by atoms with Gasteiger partial charge in [-0.15, -0.1) is 11.6 Å². The standard InChI is InChI=1S/C17H15ClN2O/c18-16(13-4-2-1-3-5-13)11-20-17-15-10-14(21)7-6-12(15)8-9-19-17/h1-10,16,21H,11H2,(H,19,20). The number of halogens is 1. The van der Waals surface area contributed by atoms with Gasteiger partial charge in [0.2, 0.25) is 0 Å². The van der Waals surface area contributed by atoms with Gasteiger partial charge in [0, 0.05) is 18.1 Å². The second-order valence-corrected chi connectivity index (χ2v) is 5.35. The molecule has 0 aliphatic heterocycles. The molecule has 0 spiro atoms. The Labute approximate surface area is 128 Å². The Bertz CT molecular complexity index is 746. The van der Waals surface area contributed by atoms with Gasteiger partial charge in [0.15, 0.2) is 0 Å². The van der Waals surface area contributed by atoms with Crippen LogP contribution in [0.25, 0.3) is 10.8 Å². The topological polar surface area (TPSA) is 45.2 Å². The molecule has 0 fully saturated rings. The second kappa shape index (κ2) is 6.02. The van der Waals surface area contributed by atoms with Crippen LogP contribution in [-0.2, 0) is 0 Å². The van der Waals surface area contributed by atoms with Crippen LogP contribution in [0.1, 0.15) is 10.9 Å². The average molecular weight is 299 g/mol. The monoisotopic (exact) mass is 298 g/mol. The number of phenols is 1. The molecule has 0 amide bonds. The van der Waals surface area contributed by atoms with Crippen LogP contribution in [0.3, 0.4) is 0 Å². The molecule has 3 nitrogen and oxygen atoms in total. The van der Waals surface area contributed by atoms with Crippen molar-refractivity contribution in [2.75, 3.05) is 11.9 Å². The van der Waals surface area contributed by atoms with Gasteiger partial charge in [-0.25, -0.2) is 4.98 Å². The molecule has 0 bridgehead atoms. The molecule has 0 radical (unpaired) electrons. The van der Waals surface area contributed by atoms with E-state index in [1.807, 2.05) is 42.5 Å². The van der Waals surface area contributed by atoms with Crippen LogP contribution in [0.4, 0.5) is 5.82 Å². The van der Waals surface area contributed by atoms with E-state index >= 15 is 0 Å². The summed E-state index contributed by atoms with van der Waals surface area (Å²) >= 11 is 6.40. The van der Waals surface area contributed by atoms with Crippen LogP contribution in [0.5, 0.6) is 5.75 Å². The Morgan fingerprint density at radius 2 is 1.90 bits per heavy atom. The molecule has 21 heavy (non-hydrogen) atoms. The Morgan fingerprint density at radius 1 is 1.10 bits per heavy atom. The van der Waals surface area contributed by atoms with E-state index in [2.05, 4.69) is 10.3 Å². The average Bonchev–Trinajstić information content (AvgIpc) is 2.53. The maximum Gasteiger partial charge on any atom is 0.134 e. The van der Waals surface area contributed by atoms with Crippen molar-refractivity contribution in [2.45, 2.75) is 5.38 Å². The Hall–Kier alpha value is -2.26. The number of alkyl halides is 1. The summed E-state index contributed by atoms with van der Waals surface area (Å²) in [4.78, 5) is 4.33. The summed E-state index contributed by atoms with van der Waals surface area (Å²) in [6.45, 7) is 0.563. The number of nitrogens with zero attached hydrogens (tertiary/aromatic N) is 1. The Kier molecular flexibility index (Phi) is 3.93. The molecular formula is C17H15ClN2O. The van der Waals surface area contributed by atoms with Gasteiger partial charge in [-0.2, -0.15) is 0 Å². The van der Waals surface area contributed by atoms with E-state index in [0.717, 1.165) is 22.2 Å². The zero-order chi connectivity index (χ0) is 14.7. The van der Waals surface area contributed by atoms with Crippen molar-refractivity contribution in [3.63, 3.8) is 0 Å². The number of hydrogen-bond donors (Lipinski definition) is 2. The fraction of sp³-hybridized carbons (Fsp3) is 0.118. The summed E-state index contributed by atoms with van der Waals surface area (Å²) in [5.41, 5.74) is 1.06. The van der Waals surface area contributed by atoms with E-state index in [9.17, 15) is 5.11 Å². The fourth-order valence-corrected chi connectivity index (χ4v) is 2.49. The molecule has 2 aromatic carbocycles. The third-order valence-electron chi connectivity index (χ3n) is 3.36. The lowest BCUT2D eigenvalue weighted by Crippen LogP contribution is -2.09. The molecular weight excluding hydrogens is 284 g/mol. The number of nitrogens with one attached hydrogen (secondary N) is 1. The first-order chi connectivity index (χ1) is 10.2. The highest BCUT2D eigenvalue weighted by Crippen LogP contribution is 2.26. The van der Waals surface area contributed by atoms with Crippen molar-refractivity contribution in [1.82, 2.24) is 4.98 Å². The van der Waals surface area contributed by atoms with Gasteiger partial charge in [-0.05, 0) is 29.1 Å². The normalized spacial score (nSPS) is 12.2. The fourth-order valence-electron chi connectivity index (χ4n) is 2.26. The maximum atomic E-state index is 9.63. The Balaban J connectivity index is 1.81. The number of fused-ring (bicyclic) bond motifs is 1. The molecule has 0 saturated heterocycles. The van der Waals surface area contributed by atoms with Crippen molar-refractivity contribution in [2.24, 2.45) is 0 Å². The first kappa shape index (κ1) is 13.7. The predicted octanol–water partition coefficient (Wildman–Crippen LogP) is 4.33. The SMILES string of the molecule is Oc1ccc2ccnc(NCC(Cl)c3ccccc3)c2c1. The molecule has 1 aromatic heterocycles. The van der Waals surface area contributed by atoms with Gasteiger partial charge in [0.25, 0.3) is 0 Å². The van der Waals surface area contributed by atoms with Crippen LogP contribution in [0.15, 0.2) is 60.8 Å². The van der Waals surface area contributed by atoms with Crippen LogP contribution < -0.4 is 5.32 Å². The number of anilines is 1. The lowest BCUT2D eigenvalue weighted by molar-refractivity contribution is 0.476. The second-order valence-electron chi connectivity index (χ2n) is 4.82. The van der Waals surface area contributed by atoms with E-state index in [1.54, 1.807) is 18.3 Å². The van der Waals surface area contributed by atoms with Crippen molar-refractivity contribution >= 4 is 28.2 Å². The van der Waals surface area contributed by atoms with E-state index in [0.29, 0.717) is 6.54 Å². The number of phenolic OH excluding ortho intramolecular Hbond substituents is 1. The van der Waals surface area contributed by atoms with Crippen molar-refractivity contribution in [1.29, 1.82) is 0 Å². The third kappa shape index (κ3) is 3.09. The molecule has 4 heteroatoms. The highest BCUT2D eigenvalue weighted by Gasteiger charge is 2.09. The van der Waals surface area contributed by atoms with Crippen LogP contribution >= 0.6 is 11.6 Å². The van der Waals surface area contributed by atoms with Crippen LogP contribution in [0.2, 0.25) is 0 Å². The highest BCUT2D eigenvalue weighted by molar-refractivity contribution is 6.21. The van der Waals surface area contributed by atoms with E-state index in [-0.39, 0.29) is 11.1 Å². The minimum atomic E-state index is -0.138. The zero-order valence-electron chi connectivity index (χ0n) is 11.3. The minimum Gasteiger partial charge on any atom is -0.508 e. The van der Waals surface area contributed by atoms with Gasteiger partial charge in [-0.3, -0.25) is 0 Å². The summed E-state index contributed by atoms with van der Waals surface area (Å²) in [5, 5.41) is 14.7. The molecule has 0 aliphatic carbocycles. The maximum absolute atomic E-state index is 9.63. The molecule has 0 saturated carbocycles. The number of rotatable bonds is 4. The van der Waals surface area contributed by atoms with Crippen LogP contribution in [-0.4, -0.2) is 16.6 Å². The molecule has 106 valence electrons.